The number of rotatable bonds is 4. The molecule has 2 aromatic rings. The van der Waals surface area contributed by atoms with Crippen LogP contribution in [0.3, 0.4) is 0 Å². The highest BCUT2D eigenvalue weighted by molar-refractivity contribution is 6.40. The Morgan fingerprint density at radius 3 is 2.44 bits per heavy atom. The van der Waals surface area contributed by atoms with Crippen molar-refractivity contribution in [3.05, 3.63) is 45.4 Å². The van der Waals surface area contributed by atoms with Crippen molar-refractivity contribution in [2.24, 2.45) is 0 Å². The number of hydrazine groups is 1. The van der Waals surface area contributed by atoms with Gasteiger partial charge in [-0.3, -0.25) is 10.2 Å². The Kier molecular flexibility index (Phi) is 6.00. The summed E-state index contributed by atoms with van der Waals surface area (Å²) < 4.78 is 15.6. The van der Waals surface area contributed by atoms with Crippen LogP contribution in [0.25, 0.3) is 0 Å². The lowest BCUT2D eigenvalue weighted by atomic mass is 10.3. The van der Waals surface area contributed by atoms with E-state index in [1.54, 1.807) is 18.2 Å². The Hall–Kier alpha value is -2.55. The number of nitrogens with one attached hydrogen (secondary N) is 3. The Morgan fingerprint density at radius 1 is 1.00 bits per heavy atom. The molecule has 0 radical (unpaired) electrons. The summed E-state index contributed by atoms with van der Waals surface area (Å²) >= 11 is 17.7. The molecule has 0 fully saturated rings. The minimum absolute atomic E-state index is 0.114. The van der Waals surface area contributed by atoms with Crippen LogP contribution in [-0.2, 0) is 4.79 Å². The molecular weight excluding hydrogens is 421 g/mol. The number of benzene rings is 2. The van der Waals surface area contributed by atoms with Crippen molar-refractivity contribution < 1.29 is 23.8 Å². The van der Waals surface area contributed by atoms with Gasteiger partial charge in [-0.05, 0) is 24.3 Å². The Morgan fingerprint density at radius 2 is 1.70 bits per heavy atom. The number of halogens is 3. The lowest BCUT2D eigenvalue weighted by molar-refractivity contribution is -0.123. The highest BCUT2D eigenvalue weighted by atomic mass is 35.5. The molecule has 2 aromatic carbocycles. The zero-order chi connectivity index (χ0) is 19.4. The van der Waals surface area contributed by atoms with Crippen molar-refractivity contribution in [2.75, 3.05) is 18.7 Å². The van der Waals surface area contributed by atoms with E-state index in [1.165, 1.54) is 12.1 Å². The molecule has 0 aliphatic carbocycles. The number of hydrogen-bond donors (Lipinski definition) is 3. The summed E-state index contributed by atoms with van der Waals surface area (Å²) in [6.07, 6.45) is 0. The van der Waals surface area contributed by atoms with E-state index < -0.39 is 18.5 Å². The van der Waals surface area contributed by atoms with Crippen LogP contribution in [0, 0.1) is 0 Å². The lowest BCUT2D eigenvalue weighted by Crippen LogP contribution is -2.45. The molecule has 3 N–H and O–H groups in total. The maximum atomic E-state index is 11.8. The summed E-state index contributed by atoms with van der Waals surface area (Å²) in [5.74, 6) is 0.591. The van der Waals surface area contributed by atoms with Crippen molar-refractivity contribution in [1.29, 1.82) is 0 Å². The average Bonchev–Trinajstić information content (AvgIpc) is 3.06. The van der Waals surface area contributed by atoms with E-state index in [0.29, 0.717) is 22.2 Å². The summed E-state index contributed by atoms with van der Waals surface area (Å²) in [5.41, 5.74) is 4.83. The number of carbonyl (C=O) groups is 2. The molecule has 1 heterocycles. The van der Waals surface area contributed by atoms with Gasteiger partial charge in [0.1, 0.15) is 0 Å². The van der Waals surface area contributed by atoms with Crippen LogP contribution in [0.15, 0.2) is 30.3 Å². The van der Waals surface area contributed by atoms with Gasteiger partial charge < -0.3 is 19.5 Å². The molecule has 0 saturated carbocycles. The first kappa shape index (κ1) is 19.2. The molecule has 1 aliphatic heterocycles. The smallest absolute Gasteiger partial charge is 0.337 e. The van der Waals surface area contributed by atoms with Gasteiger partial charge in [0, 0.05) is 16.8 Å². The third-order valence-electron chi connectivity index (χ3n) is 3.26. The minimum atomic E-state index is -0.662. The predicted octanol–water partition coefficient (Wildman–Crippen LogP) is 3.61. The zero-order valence-corrected chi connectivity index (χ0v) is 15.7. The fraction of sp³-hybridized carbons (Fsp3) is 0.125. The molecule has 0 aromatic heterocycles. The van der Waals surface area contributed by atoms with Crippen molar-refractivity contribution >= 4 is 52.4 Å². The van der Waals surface area contributed by atoms with Crippen molar-refractivity contribution in [3.8, 4) is 17.2 Å². The molecule has 0 saturated heterocycles. The van der Waals surface area contributed by atoms with Gasteiger partial charge in [-0.25, -0.2) is 10.2 Å². The number of urea groups is 1. The van der Waals surface area contributed by atoms with Crippen LogP contribution < -0.4 is 30.4 Å². The monoisotopic (exact) mass is 431 g/mol. The zero-order valence-electron chi connectivity index (χ0n) is 13.5. The minimum Gasteiger partial charge on any atom is -0.481 e. The van der Waals surface area contributed by atoms with Crippen LogP contribution in [-0.4, -0.2) is 25.3 Å². The first-order chi connectivity index (χ1) is 12.9. The fourth-order valence-electron chi connectivity index (χ4n) is 2.10. The molecule has 0 spiro atoms. The largest absolute Gasteiger partial charge is 0.481 e. The maximum Gasteiger partial charge on any atom is 0.337 e. The van der Waals surface area contributed by atoms with Gasteiger partial charge in [-0.15, -0.1) is 0 Å². The van der Waals surface area contributed by atoms with Gasteiger partial charge in [-0.2, -0.15) is 0 Å². The topological polar surface area (TPSA) is 97.9 Å². The number of carbonyl (C=O) groups excluding carboxylic acids is 2. The summed E-state index contributed by atoms with van der Waals surface area (Å²) in [6.45, 7) is -0.298. The van der Waals surface area contributed by atoms with Gasteiger partial charge in [0.25, 0.3) is 5.91 Å². The van der Waals surface area contributed by atoms with Crippen molar-refractivity contribution in [1.82, 2.24) is 10.9 Å². The van der Waals surface area contributed by atoms with Crippen molar-refractivity contribution in [3.63, 3.8) is 0 Å². The SMILES string of the molecule is O=C(COc1c(Cl)cc(Cl)cc1Cl)NNC(=O)Nc1ccc2c(c1)OCO2. The molecule has 0 atom stereocenters. The van der Waals surface area contributed by atoms with Crippen LogP contribution in [0.4, 0.5) is 10.5 Å². The Labute approximate surface area is 168 Å². The molecular formula is C16H12Cl3N3O5. The second-order valence-corrected chi connectivity index (χ2v) is 6.43. The second kappa shape index (κ2) is 8.43. The summed E-state index contributed by atoms with van der Waals surface area (Å²) in [6, 6.07) is 7.08. The molecule has 27 heavy (non-hydrogen) atoms. The fourth-order valence-corrected chi connectivity index (χ4v) is 3.03. The summed E-state index contributed by atoms with van der Waals surface area (Å²) in [5, 5.41) is 3.19. The second-order valence-electron chi connectivity index (χ2n) is 5.18. The number of fused-ring (bicyclic) bond motifs is 1. The Bertz CT molecular complexity index is 871. The van der Waals surface area contributed by atoms with Crippen molar-refractivity contribution in [2.45, 2.75) is 0 Å². The highest BCUT2D eigenvalue weighted by Crippen LogP contribution is 2.36. The maximum absolute atomic E-state index is 11.8. The summed E-state index contributed by atoms with van der Waals surface area (Å²) in [4.78, 5) is 23.6. The van der Waals surface area contributed by atoms with Gasteiger partial charge >= 0.3 is 6.03 Å². The third kappa shape index (κ3) is 5.00. The molecule has 8 nitrogen and oxygen atoms in total. The van der Waals surface area contributed by atoms with E-state index in [1.807, 2.05) is 0 Å². The molecule has 3 rings (SSSR count). The normalized spacial score (nSPS) is 11.7. The average molecular weight is 433 g/mol. The van der Waals surface area contributed by atoms with Gasteiger partial charge in [0.2, 0.25) is 6.79 Å². The predicted molar refractivity (Wildman–Crippen MR) is 99.8 cm³/mol. The van der Waals surface area contributed by atoms with Gasteiger partial charge in [-0.1, -0.05) is 34.8 Å². The lowest BCUT2D eigenvalue weighted by Gasteiger charge is -2.12. The molecule has 0 unspecified atom stereocenters. The first-order valence-electron chi connectivity index (χ1n) is 7.45. The van der Waals surface area contributed by atoms with Gasteiger partial charge in [0.05, 0.1) is 10.0 Å². The van der Waals surface area contributed by atoms with E-state index in [-0.39, 0.29) is 22.6 Å². The number of anilines is 1. The molecule has 3 amide bonds. The van der Waals surface area contributed by atoms with Crippen LogP contribution >= 0.6 is 34.8 Å². The molecule has 11 heteroatoms. The quantitative estimate of drug-likeness (QED) is 0.641. The van der Waals surface area contributed by atoms with E-state index in [2.05, 4.69) is 16.2 Å². The number of ether oxygens (including phenoxy) is 3. The number of hydrogen-bond acceptors (Lipinski definition) is 5. The molecule has 1 aliphatic rings. The molecule has 0 bridgehead atoms. The highest BCUT2D eigenvalue weighted by Gasteiger charge is 2.15. The van der Waals surface area contributed by atoms with Gasteiger partial charge in [0.15, 0.2) is 23.9 Å². The molecule has 142 valence electrons. The standard InChI is InChI=1S/C16H12Cl3N3O5/c17-8-3-10(18)15(11(19)4-8)25-6-14(23)21-22-16(24)20-9-1-2-12-13(5-9)27-7-26-12/h1-5H,6-7H2,(H,21,23)(H2,20,22,24). The van der Waals surface area contributed by atoms with Crippen LogP contribution in [0.2, 0.25) is 15.1 Å². The Balaban J connectivity index is 1.46. The first-order valence-corrected chi connectivity index (χ1v) is 8.58. The summed E-state index contributed by atoms with van der Waals surface area (Å²) in [7, 11) is 0. The van der Waals surface area contributed by atoms with Crippen LogP contribution in [0.5, 0.6) is 17.2 Å². The van der Waals surface area contributed by atoms with E-state index in [4.69, 9.17) is 49.0 Å². The van der Waals surface area contributed by atoms with E-state index in [0.717, 1.165) is 0 Å². The number of amides is 3. The van der Waals surface area contributed by atoms with Crippen LogP contribution in [0.1, 0.15) is 0 Å². The van der Waals surface area contributed by atoms with E-state index in [9.17, 15) is 9.59 Å². The third-order valence-corrected chi connectivity index (χ3v) is 4.04. The van der Waals surface area contributed by atoms with E-state index >= 15 is 0 Å².